The van der Waals surface area contributed by atoms with Crippen LogP contribution in [0.4, 0.5) is 0 Å². The minimum absolute atomic E-state index is 0.381. The molecule has 0 heterocycles. The van der Waals surface area contributed by atoms with Gasteiger partial charge in [0, 0.05) is 13.6 Å². The van der Waals surface area contributed by atoms with Crippen molar-refractivity contribution in [2.75, 3.05) is 13.7 Å². The third-order valence-electron chi connectivity index (χ3n) is 4.16. The first-order valence-electron chi connectivity index (χ1n) is 9.07. The molecule has 0 aliphatic heterocycles. The van der Waals surface area contributed by atoms with E-state index in [1.54, 1.807) is 7.05 Å². The zero-order chi connectivity index (χ0) is 20.8. The number of benzene rings is 1. The van der Waals surface area contributed by atoms with Gasteiger partial charge in [0.15, 0.2) is 0 Å². The lowest BCUT2D eigenvalue weighted by Gasteiger charge is -2.27. The van der Waals surface area contributed by atoms with Crippen molar-refractivity contribution in [1.82, 2.24) is 0 Å². The maximum absolute atomic E-state index is 5.55. The van der Waals surface area contributed by atoms with Gasteiger partial charge in [-0.3, -0.25) is 0 Å². The second kappa shape index (κ2) is 14.3. The Labute approximate surface area is 162 Å². The standard InChI is InChI=1S/C12H17NO.C9H18.C2H5N/c1-3-10(2)9-14-12-6-4-11(8-13)5-7-12;1-7(2)8(3)9(4,5)6;1-3-2/h3-7H,8-9,13H2,1-2H3;8H,1H2,2-6H3;1H2,2H3/b10-3+;;/t;8-;/m.1./s1. The Bertz CT molecular complexity index is 536. The summed E-state index contributed by atoms with van der Waals surface area (Å²) in [5.41, 5.74) is 9.51. The second-order valence-corrected chi connectivity index (χ2v) is 7.52. The molecule has 0 fully saturated rings. The van der Waals surface area contributed by atoms with E-state index in [9.17, 15) is 0 Å². The number of nitrogens with two attached hydrogens (primary N) is 1. The first kappa shape index (κ1) is 26.4. The van der Waals surface area contributed by atoms with Crippen molar-refractivity contribution in [3.05, 3.63) is 53.6 Å². The van der Waals surface area contributed by atoms with Crippen molar-refractivity contribution < 1.29 is 4.74 Å². The molecule has 0 aliphatic rings. The first-order valence-corrected chi connectivity index (χ1v) is 9.07. The number of aliphatic imine (C=N–C) groups is 1. The van der Waals surface area contributed by atoms with Crippen LogP contribution in [0.1, 0.15) is 54.0 Å². The van der Waals surface area contributed by atoms with Gasteiger partial charge in [-0.15, -0.1) is 0 Å². The zero-order valence-electron chi connectivity index (χ0n) is 18.2. The monoisotopic (exact) mass is 360 g/mol. The van der Waals surface area contributed by atoms with Crippen LogP contribution in [0, 0.1) is 11.3 Å². The molecular formula is C23H40N2O. The predicted octanol–water partition coefficient (Wildman–Crippen LogP) is 6.05. The van der Waals surface area contributed by atoms with E-state index in [0.717, 1.165) is 11.3 Å². The SMILES string of the molecule is C/C=C(\C)COc1ccc(CN)cc1.C=C(C)[C@@H](C)C(C)(C)C.C=NC. The molecule has 148 valence electrons. The average Bonchev–Trinajstić information content (AvgIpc) is 2.59. The fourth-order valence-corrected chi connectivity index (χ4v) is 1.74. The van der Waals surface area contributed by atoms with Crippen LogP contribution < -0.4 is 10.5 Å². The van der Waals surface area contributed by atoms with E-state index in [0.29, 0.717) is 24.5 Å². The van der Waals surface area contributed by atoms with Gasteiger partial charge in [0.2, 0.25) is 0 Å². The number of hydrogen-bond donors (Lipinski definition) is 1. The van der Waals surface area contributed by atoms with Crippen LogP contribution in [-0.4, -0.2) is 20.4 Å². The molecular weight excluding hydrogens is 320 g/mol. The minimum atomic E-state index is 0.381. The van der Waals surface area contributed by atoms with Gasteiger partial charge >= 0.3 is 0 Å². The summed E-state index contributed by atoms with van der Waals surface area (Å²) in [5, 5.41) is 0. The lowest BCUT2D eigenvalue weighted by Crippen LogP contribution is -2.17. The molecule has 3 heteroatoms. The Kier molecular flexibility index (Phi) is 14.5. The van der Waals surface area contributed by atoms with E-state index < -0.39 is 0 Å². The fourth-order valence-electron chi connectivity index (χ4n) is 1.74. The summed E-state index contributed by atoms with van der Waals surface area (Å²) in [7, 11) is 1.64. The normalized spacial score (nSPS) is 12.0. The molecule has 0 aromatic heterocycles. The van der Waals surface area contributed by atoms with Gasteiger partial charge in [0.05, 0.1) is 0 Å². The van der Waals surface area contributed by atoms with Gasteiger partial charge in [-0.25, -0.2) is 0 Å². The van der Waals surface area contributed by atoms with Gasteiger partial charge in [-0.05, 0) is 62.1 Å². The van der Waals surface area contributed by atoms with Gasteiger partial charge in [-0.2, -0.15) is 0 Å². The summed E-state index contributed by atoms with van der Waals surface area (Å²) >= 11 is 0. The third kappa shape index (κ3) is 13.4. The van der Waals surface area contributed by atoms with Gasteiger partial charge in [-0.1, -0.05) is 58.1 Å². The van der Waals surface area contributed by atoms with Crippen molar-refractivity contribution in [2.24, 2.45) is 22.1 Å². The largest absolute Gasteiger partial charge is 0.489 e. The number of allylic oxidation sites excluding steroid dienone is 2. The van der Waals surface area contributed by atoms with Crippen molar-refractivity contribution >= 4 is 6.72 Å². The Morgan fingerprint density at radius 3 is 1.96 bits per heavy atom. The Hall–Kier alpha value is -1.87. The van der Waals surface area contributed by atoms with Crippen LogP contribution in [0.3, 0.4) is 0 Å². The van der Waals surface area contributed by atoms with E-state index in [1.165, 1.54) is 11.1 Å². The number of rotatable bonds is 5. The molecule has 0 radical (unpaired) electrons. The fraction of sp³-hybridized carbons (Fsp3) is 0.522. The zero-order valence-corrected chi connectivity index (χ0v) is 18.2. The minimum Gasteiger partial charge on any atom is -0.489 e. The lowest BCUT2D eigenvalue weighted by molar-refractivity contribution is 0.301. The molecule has 0 unspecified atom stereocenters. The maximum Gasteiger partial charge on any atom is 0.119 e. The average molecular weight is 361 g/mol. The number of hydrogen-bond acceptors (Lipinski definition) is 3. The smallest absolute Gasteiger partial charge is 0.119 e. The Morgan fingerprint density at radius 1 is 1.23 bits per heavy atom. The highest BCUT2D eigenvalue weighted by atomic mass is 16.5. The summed E-state index contributed by atoms with van der Waals surface area (Å²) in [5.74, 6) is 1.51. The number of ether oxygens (including phenoxy) is 1. The molecule has 0 bridgehead atoms. The highest BCUT2D eigenvalue weighted by Gasteiger charge is 2.19. The highest BCUT2D eigenvalue weighted by molar-refractivity contribution is 5.27. The van der Waals surface area contributed by atoms with Crippen LogP contribution in [0.15, 0.2) is 53.1 Å². The van der Waals surface area contributed by atoms with E-state index >= 15 is 0 Å². The summed E-state index contributed by atoms with van der Waals surface area (Å²) in [4.78, 5) is 3.25. The van der Waals surface area contributed by atoms with Gasteiger partial charge in [0.25, 0.3) is 0 Å². The molecule has 2 N–H and O–H groups in total. The number of nitrogens with zero attached hydrogens (tertiary/aromatic N) is 1. The topological polar surface area (TPSA) is 47.6 Å². The van der Waals surface area contributed by atoms with E-state index in [4.69, 9.17) is 10.5 Å². The predicted molar refractivity (Wildman–Crippen MR) is 118 cm³/mol. The third-order valence-corrected chi connectivity index (χ3v) is 4.16. The summed E-state index contributed by atoms with van der Waals surface area (Å²) in [6, 6.07) is 7.87. The molecule has 0 saturated heterocycles. The Morgan fingerprint density at radius 2 is 1.69 bits per heavy atom. The molecule has 3 nitrogen and oxygen atoms in total. The van der Waals surface area contributed by atoms with Gasteiger partial charge < -0.3 is 15.5 Å². The summed E-state index contributed by atoms with van der Waals surface area (Å²) in [6.07, 6.45) is 2.05. The lowest BCUT2D eigenvalue weighted by atomic mass is 9.78. The van der Waals surface area contributed by atoms with Gasteiger partial charge in [0.1, 0.15) is 12.4 Å². The molecule has 0 saturated carbocycles. The quantitative estimate of drug-likeness (QED) is 0.513. The molecule has 0 spiro atoms. The summed E-state index contributed by atoms with van der Waals surface area (Å²) < 4.78 is 5.55. The van der Waals surface area contributed by atoms with Crippen molar-refractivity contribution in [3.63, 3.8) is 0 Å². The van der Waals surface area contributed by atoms with E-state index in [1.807, 2.05) is 44.2 Å². The Balaban J connectivity index is 0. The van der Waals surface area contributed by atoms with Crippen molar-refractivity contribution in [1.29, 1.82) is 0 Å². The first-order chi connectivity index (χ1) is 12.0. The van der Waals surface area contributed by atoms with Crippen LogP contribution in [0.5, 0.6) is 5.75 Å². The van der Waals surface area contributed by atoms with Crippen molar-refractivity contribution in [2.45, 2.75) is 55.0 Å². The molecule has 1 atom stereocenters. The molecule has 26 heavy (non-hydrogen) atoms. The highest BCUT2D eigenvalue weighted by Crippen LogP contribution is 2.29. The molecule has 1 aromatic rings. The van der Waals surface area contributed by atoms with Crippen LogP contribution in [0.25, 0.3) is 0 Å². The van der Waals surface area contributed by atoms with Crippen molar-refractivity contribution in [3.8, 4) is 5.75 Å². The second-order valence-electron chi connectivity index (χ2n) is 7.52. The van der Waals surface area contributed by atoms with Crippen LogP contribution in [0.2, 0.25) is 0 Å². The van der Waals surface area contributed by atoms with Crippen LogP contribution >= 0.6 is 0 Å². The molecule has 0 aliphatic carbocycles. The molecule has 0 amide bonds. The molecule has 1 rings (SSSR count). The maximum atomic E-state index is 5.55. The van der Waals surface area contributed by atoms with Crippen LogP contribution in [-0.2, 0) is 6.54 Å². The van der Waals surface area contributed by atoms with E-state index in [-0.39, 0.29) is 0 Å². The molecule has 1 aromatic carbocycles. The summed E-state index contributed by atoms with van der Waals surface area (Å²) in [6.45, 7) is 23.4. The van der Waals surface area contributed by atoms with E-state index in [2.05, 4.69) is 52.9 Å².